The molecule has 0 spiro atoms. The molecule has 0 aliphatic heterocycles. The van der Waals surface area contributed by atoms with Crippen LogP contribution < -0.4 is 10.6 Å². The van der Waals surface area contributed by atoms with Gasteiger partial charge in [0, 0.05) is 42.0 Å². The quantitative estimate of drug-likeness (QED) is 0.265. The molecule has 0 bridgehead atoms. The van der Waals surface area contributed by atoms with E-state index in [1.807, 2.05) is 6.07 Å². The minimum absolute atomic E-state index is 0.0172. The lowest BCUT2D eigenvalue weighted by molar-refractivity contribution is -0.384. The number of carbonyl (C=O) groups is 2. The molecule has 0 radical (unpaired) electrons. The molecule has 146 valence electrons. The molecule has 1 amide bonds. The largest absolute Gasteiger partial charge is 0.383 e. The molecule has 2 N–H and O–H groups in total. The zero-order valence-corrected chi connectivity index (χ0v) is 15.5. The molecule has 0 aromatic heterocycles. The Morgan fingerprint density at radius 3 is 2.07 bits per heavy atom. The van der Waals surface area contributed by atoms with Gasteiger partial charge in [-0.05, 0) is 18.2 Å². The smallest absolute Gasteiger partial charge is 0.269 e. The number of nitro groups is 1. The van der Waals surface area contributed by atoms with Crippen LogP contribution in [0, 0.1) is 10.1 Å². The van der Waals surface area contributed by atoms with E-state index >= 15 is 0 Å². The van der Waals surface area contributed by atoms with E-state index in [0.29, 0.717) is 35.5 Å². The van der Waals surface area contributed by atoms with E-state index in [-0.39, 0.29) is 17.4 Å². The van der Waals surface area contributed by atoms with Gasteiger partial charge >= 0.3 is 0 Å². The van der Waals surface area contributed by atoms with Gasteiger partial charge in [-0.15, -0.1) is 0 Å². The molecule has 29 heavy (non-hydrogen) atoms. The van der Waals surface area contributed by atoms with E-state index < -0.39 is 4.92 Å². The van der Waals surface area contributed by atoms with Crippen LogP contribution in [-0.4, -0.2) is 29.7 Å². The highest BCUT2D eigenvalue weighted by molar-refractivity contribution is 6.15. The highest BCUT2D eigenvalue weighted by Crippen LogP contribution is 2.16. The van der Waals surface area contributed by atoms with Crippen LogP contribution in [0.5, 0.6) is 0 Å². The summed E-state index contributed by atoms with van der Waals surface area (Å²) in [7, 11) is 0. The molecule has 0 saturated carbocycles. The molecule has 0 atom stereocenters. The first-order valence-corrected chi connectivity index (χ1v) is 9.01. The van der Waals surface area contributed by atoms with Crippen LogP contribution in [0.25, 0.3) is 0 Å². The molecule has 0 aliphatic carbocycles. The van der Waals surface area contributed by atoms with E-state index in [1.54, 1.807) is 60.7 Å². The van der Waals surface area contributed by atoms with Crippen molar-refractivity contribution in [2.75, 3.05) is 18.4 Å². The fourth-order valence-electron chi connectivity index (χ4n) is 2.80. The zero-order chi connectivity index (χ0) is 20.6. The van der Waals surface area contributed by atoms with Gasteiger partial charge < -0.3 is 10.6 Å². The summed E-state index contributed by atoms with van der Waals surface area (Å²) >= 11 is 0. The Morgan fingerprint density at radius 1 is 0.793 bits per heavy atom. The van der Waals surface area contributed by atoms with Gasteiger partial charge in [-0.25, -0.2) is 0 Å². The second-order valence-corrected chi connectivity index (χ2v) is 6.23. The third-order valence-electron chi connectivity index (χ3n) is 4.27. The maximum atomic E-state index is 12.7. The van der Waals surface area contributed by atoms with Gasteiger partial charge in [-0.3, -0.25) is 19.7 Å². The summed E-state index contributed by atoms with van der Waals surface area (Å²) in [5.74, 6) is -0.546. The number of non-ortho nitro benzene ring substituents is 1. The van der Waals surface area contributed by atoms with Gasteiger partial charge in [-0.1, -0.05) is 48.5 Å². The van der Waals surface area contributed by atoms with E-state index in [2.05, 4.69) is 10.6 Å². The van der Waals surface area contributed by atoms with Crippen molar-refractivity contribution in [3.63, 3.8) is 0 Å². The van der Waals surface area contributed by atoms with Crippen LogP contribution in [-0.2, 0) is 0 Å². The van der Waals surface area contributed by atoms with E-state index in [0.717, 1.165) is 0 Å². The number of amides is 1. The number of carbonyl (C=O) groups excluding carboxylic acids is 2. The number of ketones is 1. The van der Waals surface area contributed by atoms with Gasteiger partial charge in [0.25, 0.3) is 11.6 Å². The molecule has 0 unspecified atom stereocenters. The SMILES string of the molecule is O=C(NCCNc1ccc([N+](=O)[O-])cc1)c1ccccc1C(=O)c1ccccc1. The summed E-state index contributed by atoms with van der Waals surface area (Å²) in [6, 6.07) is 21.5. The summed E-state index contributed by atoms with van der Waals surface area (Å²) in [5.41, 5.74) is 1.91. The molecular weight excluding hydrogens is 370 g/mol. The van der Waals surface area contributed by atoms with Crippen molar-refractivity contribution in [2.45, 2.75) is 0 Å². The average molecular weight is 389 g/mol. The highest BCUT2D eigenvalue weighted by Gasteiger charge is 2.17. The van der Waals surface area contributed by atoms with Crippen molar-refractivity contribution < 1.29 is 14.5 Å². The summed E-state index contributed by atoms with van der Waals surface area (Å²) in [5, 5.41) is 16.5. The summed E-state index contributed by atoms with van der Waals surface area (Å²) in [4.78, 5) is 35.5. The van der Waals surface area contributed by atoms with Crippen molar-refractivity contribution in [1.29, 1.82) is 0 Å². The number of nitrogens with one attached hydrogen (secondary N) is 2. The molecule has 3 rings (SSSR count). The highest BCUT2D eigenvalue weighted by atomic mass is 16.6. The summed E-state index contributed by atoms with van der Waals surface area (Å²) in [6.45, 7) is 0.752. The van der Waals surface area contributed by atoms with Crippen molar-refractivity contribution in [3.05, 3.63) is 106 Å². The number of nitrogens with zero attached hydrogens (tertiary/aromatic N) is 1. The molecule has 7 heteroatoms. The first kappa shape index (κ1) is 19.8. The lowest BCUT2D eigenvalue weighted by atomic mass is 9.98. The average Bonchev–Trinajstić information content (AvgIpc) is 2.77. The Kier molecular flexibility index (Phi) is 6.32. The van der Waals surface area contributed by atoms with Gasteiger partial charge in [-0.2, -0.15) is 0 Å². The van der Waals surface area contributed by atoms with Crippen LogP contribution >= 0.6 is 0 Å². The maximum Gasteiger partial charge on any atom is 0.269 e. The second kappa shape index (κ2) is 9.27. The molecular formula is C22H19N3O4. The van der Waals surface area contributed by atoms with Crippen LogP contribution in [0.1, 0.15) is 26.3 Å². The fraction of sp³-hybridized carbons (Fsp3) is 0.0909. The first-order chi connectivity index (χ1) is 14.1. The Bertz CT molecular complexity index is 1020. The maximum absolute atomic E-state index is 12.7. The van der Waals surface area contributed by atoms with Gasteiger partial charge in [0.2, 0.25) is 0 Å². The second-order valence-electron chi connectivity index (χ2n) is 6.23. The molecule has 7 nitrogen and oxygen atoms in total. The van der Waals surface area contributed by atoms with E-state index in [4.69, 9.17) is 0 Å². The van der Waals surface area contributed by atoms with Crippen LogP contribution in [0.4, 0.5) is 11.4 Å². The van der Waals surface area contributed by atoms with Gasteiger partial charge in [0.05, 0.1) is 10.5 Å². The van der Waals surface area contributed by atoms with Gasteiger partial charge in [0.1, 0.15) is 0 Å². The van der Waals surface area contributed by atoms with Crippen LogP contribution in [0.2, 0.25) is 0 Å². The Morgan fingerprint density at radius 2 is 1.41 bits per heavy atom. The van der Waals surface area contributed by atoms with Crippen LogP contribution in [0.15, 0.2) is 78.9 Å². The minimum Gasteiger partial charge on any atom is -0.383 e. The van der Waals surface area contributed by atoms with Crippen LogP contribution in [0.3, 0.4) is 0 Å². The number of nitro benzene ring substituents is 1. The zero-order valence-electron chi connectivity index (χ0n) is 15.5. The molecule has 0 aliphatic rings. The number of benzene rings is 3. The summed E-state index contributed by atoms with van der Waals surface area (Å²) < 4.78 is 0. The standard InChI is InChI=1S/C22H19N3O4/c26-21(16-6-2-1-3-7-16)19-8-4-5-9-20(19)22(27)24-15-14-23-17-10-12-18(13-11-17)25(28)29/h1-13,23H,14-15H2,(H,24,27). The molecule has 0 saturated heterocycles. The topological polar surface area (TPSA) is 101 Å². The molecule has 3 aromatic rings. The molecule has 0 heterocycles. The summed E-state index contributed by atoms with van der Waals surface area (Å²) in [6.07, 6.45) is 0. The number of hydrogen-bond acceptors (Lipinski definition) is 5. The molecule has 0 fully saturated rings. The van der Waals surface area contributed by atoms with E-state index in [1.165, 1.54) is 12.1 Å². The lowest BCUT2D eigenvalue weighted by Crippen LogP contribution is -2.30. The predicted molar refractivity (Wildman–Crippen MR) is 110 cm³/mol. The minimum atomic E-state index is -0.460. The third-order valence-corrected chi connectivity index (χ3v) is 4.27. The Hall–Kier alpha value is -4.00. The Labute approximate surface area is 167 Å². The lowest BCUT2D eigenvalue weighted by Gasteiger charge is -2.11. The van der Waals surface area contributed by atoms with Crippen molar-refractivity contribution >= 4 is 23.1 Å². The fourth-order valence-corrected chi connectivity index (χ4v) is 2.80. The number of anilines is 1. The van der Waals surface area contributed by atoms with Crippen molar-refractivity contribution in [2.24, 2.45) is 0 Å². The normalized spacial score (nSPS) is 10.2. The van der Waals surface area contributed by atoms with Crippen molar-refractivity contribution in [1.82, 2.24) is 5.32 Å². The monoisotopic (exact) mass is 389 g/mol. The number of rotatable bonds is 8. The predicted octanol–water partition coefficient (Wildman–Crippen LogP) is 3.67. The van der Waals surface area contributed by atoms with E-state index in [9.17, 15) is 19.7 Å². The number of hydrogen-bond donors (Lipinski definition) is 2. The van der Waals surface area contributed by atoms with Gasteiger partial charge in [0.15, 0.2) is 5.78 Å². The van der Waals surface area contributed by atoms with Crippen molar-refractivity contribution in [3.8, 4) is 0 Å². The molecule has 3 aromatic carbocycles. The first-order valence-electron chi connectivity index (χ1n) is 9.01. The third kappa shape index (κ3) is 5.04. The Balaban J connectivity index is 1.58.